The van der Waals surface area contributed by atoms with Crippen LogP contribution in [0, 0.1) is 11.3 Å². The first-order valence-electron chi connectivity index (χ1n) is 11.3. The van der Waals surface area contributed by atoms with Gasteiger partial charge >= 0.3 is 6.03 Å². The van der Waals surface area contributed by atoms with Crippen molar-refractivity contribution < 1.29 is 18.7 Å². The van der Waals surface area contributed by atoms with Crippen LogP contribution in [0.2, 0.25) is 0 Å². The van der Waals surface area contributed by atoms with Crippen LogP contribution in [0.15, 0.2) is 53.2 Å². The molecule has 8 nitrogen and oxygen atoms in total. The van der Waals surface area contributed by atoms with E-state index in [9.17, 15) is 9.59 Å². The molecule has 3 aromatic rings. The molecule has 1 saturated carbocycles. The first kappa shape index (κ1) is 21.3. The maximum absolute atomic E-state index is 12.6. The van der Waals surface area contributed by atoms with Crippen molar-refractivity contribution in [2.45, 2.75) is 25.8 Å². The summed E-state index contributed by atoms with van der Waals surface area (Å²) in [5, 5.41) is 6.90. The Morgan fingerprint density at radius 3 is 2.82 bits per heavy atom. The summed E-state index contributed by atoms with van der Waals surface area (Å²) in [6.07, 6.45) is 6.31. The number of aromatic nitrogens is 1. The number of nitrogens with one attached hydrogen (secondary N) is 2. The number of urea groups is 1. The number of ether oxygens (including phenoxy) is 1. The van der Waals surface area contributed by atoms with Gasteiger partial charge in [0.05, 0.1) is 13.3 Å². The summed E-state index contributed by atoms with van der Waals surface area (Å²) in [6, 6.07) is 11.2. The molecule has 5 rings (SSSR count). The maximum atomic E-state index is 12.6. The molecule has 33 heavy (non-hydrogen) atoms. The number of carbonyl (C=O) groups is 2. The van der Waals surface area contributed by atoms with Gasteiger partial charge in [0.2, 0.25) is 0 Å². The van der Waals surface area contributed by atoms with Crippen molar-refractivity contribution in [3.8, 4) is 5.75 Å². The highest BCUT2D eigenvalue weighted by Gasteiger charge is 2.54. The Balaban J connectivity index is 1.07. The number of para-hydroxylation sites is 1. The average Bonchev–Trinajstić information content (AvgIpc) is 3.32. The number of methoxy groups -OCH3 is 1. The summed E-state index contributed by atoms with van der Waals surface area (Å²) in [6.45, 7) is 2.54. The van der Waals surface area contributed by atoms with Gasteiger partial charge < -0.3 is 24.7 Å². The number of piperidine rings is 1. The van der Waals surface area contributed by atoms with E-state index in [0.29, 0.717) is 30.4 Å². The summed E-state index contributed by atoms with van der Waals surface area (Å²) in [7, 11) is 1.63. The average molecular weight is 449 g/mol. The Kier molecular flexibility index (Phi) is 5.66. The van der Waals surface area contributed by atoms with E-state index in [4.69, 9.17) is 9.15 Å². The van der Waals surface area contributed by atoms with Crippen LogP contribution in [0.4, 0.5) is 4.79 Å². The molecule has 3 amide bonds. The molecule has 2 aliphatic rings. The number of furan rings is 1. The maximum Gasteiger partial charge on any atom is 0.317 e. The zero-order valence-electron chi connectivity index (χ0n) is 18.7. The van der Waals surface area contributed by atoms with Crippen molar-refractivity contribution in [3.63, 3.8) is 0 Å². The second kappa shape index (κ2) is 8.77. The number of hydrogen-bond acceptors (Lipinski definition) is 5. The third-order valence-electron chi connectivity index (χ3n) is 7.08. The van der Waals surface area contributed by atoms with Crippen LogP contribution in [0.25, 0.3) is 11.0 Å². The molecule has 2 aromatic heterocycles. The minimum Gasteiger partial charge on any atom is -0.496 e. The predicted octanol–water partition coefficient (Wildman–Crippen LogP) is 3.58. The summed E-state index contributed by atoms with van der Waals surface area (Å²) in [5.41, 5.74) is 1.81. The molecular formula is C25H28N4O4. The van der Waals surface area contributed by atoms with Crippen molar-refractivity contribution in [2.24, 2.45) is 11.3 Å². The van der Waals surface area contributed by atoms with Crippen LogP contribution in [-0.2, 0) is 6.54 Å². The lowest BCUT2D eigenvalue weighted by molar-refractivity contribution is 0.0922. The smallest absolute Gasteiger partial charge is 0.317 e. The molecule has 2 N–H and O–H groups in total. The van der Waals surface area contributed by atoms with Gasteiger partial charge in [-0.2, -0.15) is 0 Å². The van der Waals surface area contributed by atoms with Crippen molar-refractivity contribution >= 4 is 22.9 Å². The van der Waals surface area contributed by atoms with Crippen molar-refractivity contribution in [1.82, 2.24) is 20.5 Å². The van der Waals surface area contributed by atoms with Crippen molar-refractivity contribution in [3.05, 3.63) is 60.1 Å². The van der Waals surface area contributed by atoms with Gasteiger partial charge in [-0.3, -0.25) is 9.78 Å². The van der Waals surface area contributed by atoms with Gasteiger partial charge in [0.25, 0.3) is 5.91 Å². The van der Waals surface area contributed by atoms with E-state index in [2.05, 4.69) is 15.6 Å². The highest BCUT2D eigenvalue weighted by Crippen LogP contribution is 2.59. The number of hydrogen-bond donors (Lipinski definition) is 2. The third kappa shape index (κ3) is 4.37. The summed E-state index contributed by atoms with van der Waals surface area (Å²) >= 11 is 0. The van der Waals surface area contributed by atoms with E-state index >= 15 is 0 Å². The molecule has 1 aliphatic heterocycles. The van der Waals surface area contributed by atoms with Gasteiger partial charge in [-0.05, 0) is 48.8 Å². The number of fused-ring (bicyclic) bond motifs is 1. The summed E-state index contributed by atoms with van der Waals surface area (Å²) in [4.78, 5) is 31.0. The van der Waals surface area contributed by atoms with Crippen LogP contribution in [0.3, 0.4) is 0 Å². The van der Waals surface area contributed by atoms with E-state index in [1.807, 2.05) is 35.2 Å². The fraction of sp³-hybridized carbons (Fsp3) is 0.400. The second-order valence-electron chi connectivity index (χ2n) is 8.96. The molecule has 1 spiro atoms. The molecule has 1 aromatic carbocycles. The Hall–Kier alpha value is -3.55. The predicted molar refractivity (Wildman–Crippen MR) is 123 cm³/mol. The monoisotopic (exact) mass is 448 g/mol. The third-order valence-corrected chi connectivity index (χ3v) is 7.08. The Bertz CT molecular complexity index is 1130. The van der Waals surface area contributed by atoms with E-state index < -0.39 is 0 Å². The lowest BCUT2D eigenvalue weighted by atomic mass is 9.91. The van der Waals surface area contributed by atoms with Crippen LogP contribution in [0.1, 0.15) is 35.4 Å². The number of nitrogens with zero attached hydrogens (tertiary/aromatic N) is 2. The molecule has 3 heterocycles. The van der Waals surface area contributed by atoms with Crippen molar-refractivity contribution in [1.29, 1.82) is 0 Å². The minimum absolute atomic E-state index is 0.0411. The highest BCUT2D eigenvalue weighted by atomic mass is 16.5. The number of carbonyl (C=O) groups excluding carboxylic acids is 2. The molecule has 1 aliphatic carbocycles. The fourth-order valence-electron chi connectivity index (χ4n) is 4.92. The van der Waals surface area contributed by atoms with Crippen LogP contribution >= 0.6 is 0 Å². The van der Waals surface area contributed by atoms with Crippen LogP contribution in [0.5, 0.6) is 5.75 Å². The van der Waals surface area contributed by atoms with E-state index in [-0.39, 0.29) is 17.4 Å². The van der Waals surface area contributed by atoms with Gasteiger partial charge in [0.15, 0.2) is 11.3 Å². The highest BCUT2D eigenvalue weighted by molar-refractivity contribution is 5.95. The number of rotatable bonds is 6. The van der Waals surface area contributed by atoms with E-state index in [1.165, 1.54) is 0 Å². The standard InChI is InChI=1S/C25H28N4O4/c1-32-20-5-3-2-4-18(20)14-28-24(31)29-10-7-25(8-11-29)13-19(25)15-27-23(30)21-12-17-6-9-26-16-22(17)33-21/h2-6,9,12,16,19H,7-8,10-11,13-15H2,1H3,(H,27,30)(H,28,31). The number of pyridine rings is 1. The Morgan fingerprint density at radius 1 is 1.21 bits per heavy atom. The molecule has 1 saturated heterocycles. The quantitative estimate of drug-likeness (QED) is 0.601. The second-order valence-corrected chi connectivity index (χ2v) is 8.96. The van der Waals surface area contributed by atoms with Crippen LogP contribution < -0.4 is 15.4 Å². The molecular weight excluding hydrogens is 420 g/mol. The topological polar surface area (TPSA) is 96.7 Å². The molecule has 172 valence electrons. The molecule has 1 unspecified atom stereocenters. The number of likely N-dealkylation sites (tertiary alicyclic amines) is 1. The molecule has 1 atom stereocenters. The molecule has 0 bridgehead atoms. The number of amides is 3. The van der Waals surface area contributed by atoms with E-state index in [1.54, 1.807) is 25.6 Å². The zero-order chi connectivity index (χ0) is 22.8. The van der Waals surface area contributed by atoms with Gasteiger partial charge in [0.1, 0.15) is 5.75 Å². The summed E-state index contributed by atoms with van der Waals surface area (Å²) < 4.78 is 10.9. The van der Waals surface area contributed by atoms with Crippen molar-refractivity contribution in [2.75, 3.05) is 26.7 Å². The Morgan fingerprint density at radius 2 is 2.03 bits per heavy atom. The van der Waals surface area contributed by atoms with Crippen LogP contribution in [-0.4, -0.2) is 48.6 Å². The molecule has 8 heteroatoms. The first-order valence-corrected chi connectivity index (χ1v) is 11.3. The van der Waals surface area contributed by atoms with Gasteiger partial charge in [-0.1, -0.05) is 18.2 Å². The number of benzene rings is 1. The fourth-order valence-corrected chi connectivity index (χ4v) is 4.92. The largest absolute Gasteiger partial charge is 0.496 e. The SMILES string of the molecule is COc1ccccc1CNC(=O)N1CCC2(CC1)CC2CNC(=O)c1cc2ccncc2o1. The zero-order valence-corrected chi connectivity index (χ0v) is 18.7. The normalized spacial score (nSPS) is 18.8. The minimum atomic E-state index is -0.193. The van der Waals surface area contributed by atoms with E-state index in [0.717, 1.165) is 49.1 Å². The van der Waals surface area contributed by atoms with Gasteiger partial charge in [0, 0.05) is 43.3 Å². The summed E-state index contributed by atoms with van der Waals surface area (Å²) in [5.74, 6) is 1.35. The van der Waals surface area contributed by atoms with Gasteiger partial charge in [-0.25, -0.2) is 4.79 Å². The Labute approximate surface area is 192 Å². The lowest BCUT2D eigenvalue weighted by Gasteiger charge is -2.33. The van der Waals surface area contributed by atoms with Gasteiger partial charge in [-0.15, -0.1) is 0 Å². The lowest BCUT2D eigenvalue weighted by Crippen LogP contribution is -2.45. The first-order chi connectivity index (χ1) is 16.1. The molecule has 2 fully saturated rings. The molecule has 0 radical (unpaired) electrons.